The van der Waals surface area contributed by atoms with Gasteiger partial charge in [0.2, 0.25) is 0 Å². The molecule has 0 radical (unpaired) electrons. The van der Waals surface area contributed by atoms with Crippen LogP contribution in [0.3, 0.4) is 0 Å². The fourth-order valence-corrected chi connectivity index (χ4v) is 8.62. The third-order valence-electron chi connectivity index (χ3n) is 5.53. The Hall–Kier alpha value is -1.02. The SMILES string of the molecule is [CH2-]CCCP(c1ccccc1)c1ccccc1.[CH2-]CCCP(c1ccccc1)c1ccccc1.[Cl][Pd][Cl]. The molecule has 0 aliphatic carbocycles. The van der Waals surface area contributed by atoms with Crippen LogP contribution in [0, 0.1) is 13.8 Å². The first-order valence-corrected chi connectivity index (χ1v) is 19.5. The van der Waals surface area contributed by atoms with Gasteiger partial charge in [-0.05, 0) is 49.4 Å². The summed E-state index contributed by atoms with van der Waals surface area (Å²) in [7, 11) is 9.23. The fourth-order valence-electron chi connectivity index (χ4n) is 3.79. The zero-order valence-corrected chi connectivity index (χ0v) is 26.0. The quantitative estimate of drug-likeness (QED) is 0.0907. The zero-order chi connectivity index (χ0) is 26.6. The van der Waals surface area contributed by atoms with E-state index in [-0.39, 0.29) is 31.8 Å². The molecule has 0 fully saturated rings. The normalized spacial score (nSPS) is 10.4. The van der Waals surface area contributed by atoms with Gasteiger partial charge < -0.3 is 13.8 Å². The van der Waals surface area contributed by atoms with Gasteiger partial charge >= 0.3 is 35.0 Å². The van der Waals surface area contributed by atoms with Crippen molar-refractivity contribution in [3.05, 3.63) is 135 Å². The Bertz CT molecular complexity index is 885. The molecular formula is C32H36Cl2P2Pd-2. The molecule has 4 aromatic carbocycles. The summed E-state index contributed by atoms with van der Waals surface area (Å²) < 4.78 is 0. The molecule has 5 heteroatoms. The Morgan fingerprint density at radius 3 is 0.865 bits per heavy atom. The second-order valence-corrected chi connectivity index (χ2v) is 15.1. The Labute approximate surface area is 243 Å². The van der Waals surface area contributed by atoms with Gasteiger partial charge in [-0.2, -0.15) is 12.8 Å². The molecule has 4 rings (SSSR count). The van der Waals surface area contributed by atoms with Crippen molar-refractivity contribution in [3.8, 4) is 0 Å². The number of rotatable bonds is 10. The van der Waals surface area contributed by atoms with Gasteiger partial charge in [-0.15, -0.1) is 0 Å². The second-order valence-electron chi connectivity index (χ2n) is 8.10. The number of halogens is 2. The van der Waals surface area contributed by atoms with Crippen molar-refractivity contribution in [2.75, 3.05) is 12.3 Å². The van der Waals surface area contributed by atoms with Gasteiger partial charge in [0, 0.05) is 0 Å². The van der Waals surface area contributed by atoms with Gasteiger partial charge in [0.15, 0.2) is 0 Å². The van der Waals surface area contributed by atoms with Crippen molar-refractivity contribution in [3.63, 3.8) is 0 Å². The van der Waals surface area contributed by atoms with Gasteiger partial charge in [0.25, 0.3) is 0 Å². The van der Waals surface area contributed by atoms with E-state index in [4.69, 9.17) is 19.1 Å². The molecule has 0 spiro atoms. The number of hydrogen-bond donors (Lipinski definition) is 0. The summed E-state index contributed by atoms with van der Waals surface area (Å²) in [6.07, 6.45) is 6.95. The zero-order valence-electron chi connectivity index (χ0n) is 21.2. The number of hydrogen-bond acceptors (Lipinski definition) is 0. The predicted molar refractivity (Wildman–Crippen MR) is 169 cm³/mol. The maximum atomic E-state index is 4.81. The molecule has 4 aromatic rings. The number of benzene rings is 4. The second kappa shape index (κ2) is 20.9. The Kier molecular flexibility index (Phi) is 18.2. The van der Waals surface area contributed by atoms with Crippen LogP contribution in [0.5, 0.6) is 0 Å². The summed E-state index contributed by atoms with van der Waals surface area (Å²) in [6, 6.07) is 43.5. The van der Waals surface area contributed by atoms with Gasteiger partial charge in [-0.25, -0.2) is 0 Å². The monoisotopic (exact) mass is 658 g/mol. The van der Waals surface area contributed by atoms with Crippen molar-refractivity contribution in [1.82, 2.24) is 0 Å². The van der Waals surface area contributed by atoms with Crippen LogP contribution in [0.25, 0.3) is 0 Å². The van der Waals surface area contributed by atoms with E-state index in [0.29, 0.717) is 0 Å². The number of unbranched alkanes of at least 4 members (excludes halogenated alkanes) is 2. The Morgan fingerprint density at radius 1 is 0.459 bits per heavy atom. The first-order chi connectivity index (χ1) is 18.2. The summed E-state index contributed by atoms with van der Waals surface area (Å²) in [4.78, 5) is 0. The van der Waals surface area contributed by atoms with Crippen LogP contribution < -0.4 is 21.2 Å². The molecule has 0 aromatic heterocycles. The van der Waals surface area contributed by atoms with E-state index in [0.717, 1.165) is 12.8 Å². The van der Waals surface area contributed by atoms with Crippen LogP contribution in [0.4, 0.5) is 0 Å². The van der Waals surface area contributed by atoms with Crippen LogP contribution in [0.2, 0.25) is 0 Å². The molecule has 0 saturated heterocycles. The Balaban J connectivity index is 0.000000235. The molecule has 0 unspecified atom stereocenters. The minimum absolute atomic E-state index is 0.106. The minimum atomic E-state index is -0.197. The van der Waals surface area contributed by atoms with Crippen molar-refractivity contribution in [1.29, 1.82) is 0 Å². The predicted octanol–water partition coefficient (Wildman–Crippen LogP) is 8.84. The molecule has 0 N–H and O–H groups in total. The van der Waals surface area contributed by atoms with Crippen molar-refractivity contribution >= 4 is 56.1 Å². The van der Waals surface area contributed by atoms with E-state index in [2.05, 4.69) is 135 Å². The van der Waals surface area contributed by atoms with Crippen LogP contribution in [-0.4, -0.2) is 12.3 Å². The molecule has 0 aliphatic rings. The van der Waals surface area contributed by atoms with E-state index >= 15 is 0 Å². The summed E-state index contributed by atoms with van der Waals surface area (Å²) in [5.74, 6) is 0. The average Bonchev–Trinajstić information content (AvgIpc) is 2.97. The molecular weight excluding hydrogens is 624 g/mol. The van der Waals surface area contributed by atoms with Crippen molar-refractivity contribution in [2.24, 2.45) is 0 Å². The molecule has 0 aliphatic heterocycles. The molecule has 0 bridgehead atoms. The standard InChI is InChI=1S/2C16H18P.2ClH.Pd/c2*1-2-3-14-17(15-10-6-4-7-11-15)16-12-8-5-9-13-16;;;/h2*4-13H,1-3,14H2;2*1H;/q2*-1;;;+2/p-2. The van der Waals surface area contributed by atoms with Crippen LogP contribution in [-0.2, 0) is 15.9 Å². The molecule has 0 saturated carbocycles. The summed E-state index contributed by atoms with van der Waals surface area (Å²) >= 11 is -0.106. The molecule has 200 valence electrons. The third-order valence-corrected chi connectivity index (χ3v) is 10.7. The van der Waals surface area contributed by atoms with E-state index in [1.54, 1.807) is 0 Å². The van der Waals surface area contributed by atoms with Gasteiger partial charge in [-0.1, -0.05) is 134 Å². The van der Waals surface area contributed by atoms with E-state index in [1.807, 2.05) is 0 Å². The average molecular weight is 660 g/mol. The molecule has 0 nitrogen and oxygen atoms in total. The topological polar surface area (TPSA) is 0 Å². The van der Waals surface area contributed by atoms with Crippen molar-refractivity contribution in [2.45, 2.75) is 25.7 Å². The summed E-state index contributed by atoms with van der Waals surface area (Å²) in [5, 5.41) is 5.90. The summed E-state index contributed by atoms with van der Waals surface area (Å²) in [5.41, 5.74) is 0. The molecule has 37 heavy (non-hydrogen) atoms. The molecule has 0 heterocycles. The van der Waals surface area contributed by atoms with Crippen LogP contribution in [0.15, 0.2) is 121 Å². The first-order valence-electron chi connectivity index (χ1n) is 12.4. The van der Waals surface area contributed by atoms with Crippen LogP contribution in [0.1, 0.15) is 25.7 Å². The van der Waals surface area contributed by atoms with Gasteiger partial charge in [0.05, 0.1) is 0 Å². The maximum absolute atomic E-state index is 4.81. The Morgan fingerprint density at radius 2 is 0.676 bits per heavy atom. The van der Waals surface area contributed by atoms with Gasteiger partial charge in [0.1, 0.15) is 0 Å². The van der Waals surface area contributed by atoms with E-state index in [9.17, 15) is 0 Å². The van der Waals surface area contributed by atoms with Gasteiger partial charge in [-0.3, -0.25) is 0 Å². The third kappa shape index (κ3) is 12.6. The molecule has 0 amide bonds. The van der Waals surface area contributed by atoms with Crippen molar-refractivity contribution < 1.29 is 15.9 Å². The fraction of sp³-hybridized carbons (Fsp3) is 0.188. The van der Waals surface area contributed by atoms with E-state index < -0.39 is 0 Å². The molecule has 0 atom stereocenters. The summed E-state index contributed by atoms with van der Waals surface area (Å²) in [6.45, 7) is 7.91. The van der Waals surface area contributed by atoms with E-state index in [1.165, 1.54) is 46.4 Å². The first kappa shape index (κ1) is 32.2. The van der Waals surface area contributed by atoms with Crippen LogP contribution >= 0.6 is 34.9 Å².